The Hall–Kier alpha value is -0.810. The lowest BCUT2D eigenvalue weighted by Crippen LogP contribution is -2.29. The molecule has 1 aliphatic rings. The molecule has 1 aromatic rings. The molecule has 14 heavy (non-hydrogen) atoms. The Labute approximate surface area is 89.6 Å². The molecule has 0 unspecified atom stereocenters. The van der Waals surface area contributed by atoms with E-state index in [0.29, 0.717) is 29.7 Å². The van der Waals surface area contributed by atoms with E-state index in [2.05, 4.69) is 15.9 Å². The summed E-state index contributed by atoms with van der Waals surface area (Å²) in [5.41, 5.74) is 0.519. The largest absolute Gasteiger partial charge is 0.457 e. The number of carbonyl (C=O) groups excluding carboxylic acids is 1. The molecule has 0 radical (unpaired) electrons. The van der Waals surface area contributed by atoms with Crippen molar-refractivity contribution in [3.63, 3.8) is 0 Å². The standard InChI is InChI=1S/C9H10BrNO3/c10-8-3-6(5-14-8)9(13)11-2-1-7(12)4-11/h3,5,7,12H,1-2,4H2/t7-/m1/s1. The van der Waals surface area contributed by atoms with E-state index in [4.69, 9.17) is 4.42 Å². The van der Waals surface area contributed by atoms with Crippen molar-refractivity contribution in [3.05, 3.63) is 22.6 Å². The van der Waals surface area contributed by atoms with Crippen LogP contribution in [0, 0.1) is 0 Å². The van der Waals surface area contributed by atoms with Crippen molar-refractivity contribution in [2.45, 2.75) is 12.5 Å². The third-order valence-corrected chi connectivity index (χ3v) is 2.68. The molecule has 1 atom stereocenters. The highest BCUT2D eigenvalue weighted by Crippen LogP contribution is 2.18. The fraction of sp³-hybridized carbons (Fsp3) is 0.444. The summed E-state index contributed by atoms with van der Waals surface area (Å²) in [5.74, 6) is -0.0870. The number of furan rings is 1. The van der Waals surface area contributed by atoms with Gasteiger partial charge in [-0.25, -0.2) is 0 Å². The highest BCUT2D eigenvalue weighted by atomic mass is 79.9. The smallest absolute Gasteiger partial charge is 0.257 e. The lowest BCUT2D eigenvalue weighted by molar-refractivity contribution is 0.0764. The zero-order valence-electron chi connectivity index (χ0n) is 7.44. The van der Waals surface area contributed by atoms with Crippen LogP contribution in [0.25, 0.3) is 0 Å². The van der Waals surface area contributed by atoms with Crippen molar-refractivity contribution in [2.24, 2.45) is 0 Å². The van der Waals surface area contributed by atoms with Crippen LogP contribution >= 0.6 is 15.9 Å². The maximum Gasteiger partial charge on any atom is 0.257 e. The van der Waals surface area contributed by atoms with Gasteiger partial charge in [0.25, 0.3) is 5.91 Å². The van der Waals surface area contributed by atoms with Crippen LogP contribution in [0.5, 0.6) is 0 Å². The zero-order valence-corrected chi connectivity index (χ0v) is 9.03. The number of aliphatic hydroxyl groups is 1. The summed E-state index contributed by atoms with van der Waals surface area (Å²) in [6, 6.07) is 1.63. The van der Waals surface area contributed by atoms with E-state index >= 15 is 0 Å². The molecule has 0 aliphatic carbocycles. The molecular formula is C9H10BrNO3. The first-order valence-corrected chi connectivity index (χ1v) is 5.17. The first kappa shape index (κ1) is 9.73. The second-order valence-electron chi connectivity index (χ2n) is 3.33. The Morgan fingerprint density at radius 3 is 3.00 bits per heavy atom. The number of nitrogens with zero attached hydrogens (tertiary/aromatic N) is 1. The quantitative estimate of drug-likeness (QED) is 0.826. The molecule has 2 heterocycles. The molecule has 4 nitrogen and oxygen atoms in total. The first-order valence-electron chi connectivity index (χ1n) is 4.38. The van der Waals surface area contributed by atoms with Gasteiger partial charge in [0.15, 0.2) is 4.67 Å². The number of likely N-dealkylation sites (tertiary alicyclic amines) is 1. The summed E-state index contributed by atoms with van der Waals surface area (Å²) in [5, 5.41) is 9.27. The molecule has 1 fully saturated rings. The summed E-state index contributed by atoms with van der Waals surface area (Å²) < 4.78 is 5.52. The van der Waals surface area contributed by atoms with Crippen molar-refractivity contribution in [2.75, 3.05) is 13.1 Å². The minimum Gasteiger partial charge on any atom is -0.457 e. The van der Waals surface area contributed by atoms with E-state index in [-0.39, 0.29) is 12.0 Å². The number of hydrogen-bond donors (Lipinski definition) is 1. The van der Waals surface area contributed by atoms with Gasteiger partial charge in [0.1, 0.15) is 6.26 Å². The molecule has 1 amide bonds. The lowest BCUT2D eigenvalue weighted by Gasteiger charge is -2.13. The van der Waals surface area contributed by atoms with Crippen LogP contribution in [0.15, 0.2) is 21.4 Å². The molecule has 1 aliphatic heterocycles. The van der Waals surface area contributed by atoms with E-state index in [1.807, 2.05) is 0 Å². The van der Waals surface area contributed by atoms with Gasteiger partial charge in [-0.15, -0.1) is 0 Å². The highest BCUT2D eigenvalue weighted by molar-refractivity contribution is 9.10. The van der Waals surface area contributed by atoms with Crippen LogP contribution in [-0.2, 0) is 0 Å². The highest BCUT2D eigenvalue weighted by Gasteiger charge is 2.26. The predicted octanol–water partition coefficient (Wildman–Crippen LogP) is 1.25. The maximum absolute atomic E-state index is 11.7. The number of hydrogen-bond acceptors (Lipinski definition) is 3. The number of β-amino-alcohol motifs (C(OH)–C–C–N with tert-alkyl or cyclic N) is 1. The Balaban J connectivity index is 2.09. The number of rotatable bonds is 1. The minimum atomic E-state index is -0.380. The first-order chi connectivity index (χ1) is 6.66. The minimum absolute atomic E-state index is 0.0870. The monoisotopic (exact) mass is 259 g/mol. The van der Waals surface area contributed by atoms with Crippen molar-refractivity contribution in [3.8, 4) is 0 Å². The molecule has 2 rings (SSSR count). The fourth-order valence-electron chi connectivity index (χ4n) is 1.53. The summed E-state index contributed by atoms with van der Waals surface area (Å²) in [6.07, 6.45) is 1.69. The summed E-state index contributed by atoms with van der Waals surface area (Å²) in [6.45, 7) is 1.03. The van der Waals surface area contributed by atoms with Crippen LogP contribution in [0.2, 0.25) is 0 Å². The Kier molecular flexibility index (Phi) is 2.60. The Morgan fingerprint density at radius 1 is 1.71 bits per heavy atom. The Morgan fingerprint density at radius 2 is 2.50 bits per heavy atom. The van der Waals surface area contributed by atoms with Gasteiger partial charge in [-0.3, -0.25) is 4.79 Å². The molecule has 1 aromatic heterocycles. The van der Waals surface area contributed by atoms with Crippen molar-refractivity contribution < 1.29 is 14.3 Å². The van der Waals surface area contributed by atoms with Gasteiger partial charge in [-0.2, -0.15) is 0 Å². The van der Waals surface area contributed by atoms with E-state index < -0.39 is 0 Å². The third kappa shape index (κ3) is 1.83. The van der Waals surface area contributed by atoms with Gasteiger partial charge in [-0.1, -0.05) is 0 Å². The fourth-order valence-corrected chi connectivity index (χ4v) is 1.87. The summed E-state index contributed by atoms with van der Waals surface area (Å²) in [7, 11) is 0. The van der Waals surface area contributed by atoms with Gasteiger partial charge in [0, 0.05) is 19.2 Å². The van der Waals surface area contributed by atoms with Crippen molar-refractivity contribution in [1.82, 2.24) is 4.90 Å². The van der Waals surface area contributed by atoms with E-state index in [9.17, 15) is 9.90 Å². The topological polar surface area (TPSA) is 53.7 Å². The normalized spacial score (nSPS) is 21.6. The number of halogens is 1. The van der Waals surface area contributed by atoms with E-state index in [1.54, 1.807) is 11.0 Å². The zero-order chi connectivity index (χ0) is 10.1. The molecule has 5 heteroatoms. The van der Waals surface area contributed by atoms with Gasteiger partial charge in [0.05, 0.1) is 11.7 Å². The predicted molar refractivity (Wildman–Crippen MR) is 52.9 cm³/mol. The second-order valence-corrected chi connectivity index (χ2v) is 4.11. The molecule has 0 saturated carbocycles. The molecule has 76 valence electrons. The van der Waals surface area contributed by atoms with Gasteiger partial charge in [-0.05, 0) is 22.4 Å². The summed E-state index contributed by atoms with van der Waals surface area (Å²) >= 11 is 3.13. The second kappa shape index (κ2) is 3.74. The van der Waals surface area contributed by atoms with Crippen molar-refractivity contribution in [1.29, 1.82) is 0 Å². The summed E-state index contributed by atoms with van der Waals surface area (Å²) in [4.78, 5) is 13.4. The SMILES string of the molecule is O=C(c1coc(Br)c1)N1CC[C@@H](O)C1. The van der Waals surface area contributed by atoms with Gasteiger partial charge < -0.3 is 14.4 Å². The molecule has 1 saturated heterocycles. The van der Waals surface area contributed by atoms with Crippen molar-refractivity contribution >= 4 is 21.8 Å². The lowest BCUT2D eigenvalue weighted by atomic mass is 10.3. The van der Waals surface area contributed by atoms with Crippen LogP contribution in [-0.4, -0.2) is 35.1 Å². The molecule has 0 bridgehead atoms. The average Bonchev–Trinajstić information content (AvgIpc) is 2.73. The number of amides is 1. The van der Waals surface area contributed by atoms with Crippen LogP contribution in [0.3, 0.4) is 0 Å². The average molecular weight is 260 g/mol. The van der Waals surface area contributed by atoms with Crippen LogP contribution in [0.4, 0.5) is 0 Å². The third-order valence-electron chi connectivity index (χ3n) is 2.26. The molecule has 0 spiro atoms. The molecular weight excluding hydrogens is 250 g/mol. The maximum atomic E-state index is 11.7. The van der Waals surface area contributed by atoms with Gasteiger partial charge >= 0.3 is 0 Å². The molecule has 1 N–H and O–H groups in total. The number of carbonyl (C=O) groups is 1. The van der Waals surface area contributed by atoms with Crippen LogP contribution in [0.1, 0.15) is 16.8 Å². The molecule has 0 aromatic carbocycles. The van der Waals surface area contributed by atoms with Gasteiger partial charge in [0.2, 0.25) is 0 Å². The van der Waals surface area contributed by atoms with Crippen LogP contribution < -0.4 is 0 Å². The number of aliphatic hydroxyl groups excluding tert-OH is 1. The van der Waals surface area contributed by atoms with E-state index in [1.165, 1.54) is 6.26 Å². The van der Waals surface area contributed by atoms with E-state index in [0.717, 1.165) is 0 Å². The Bertz CT molecular complexity index is 350.